The molecule has 0 amide bonds. The van der Waals surface area contributed by atoms with Crippen molar-refractivity contribution in [2.75, 3.05) is 0 Å². The molecule has 0 N–H and O–H groups in total. The van der Waals surface area contributed by atoms with Crippen LogP contribution in [0.5, 0.6) is 0 Å². The Balaban J connectivity index is 0.00000129. The lowest BCUT2D eigenvalue weighted by atomic mass is 9.77. The molecule has 0 saturated heterocycles. The van der Waals surface area contributed by atoms with E-state index in [1.165, 1.54) is 121 Å². The molecule has 304 valence electrons. The predicted octanol–water partition coefficient (Wildman–Crippen LogP) is 18.4. The molecular weight excluding hydrogens is 745 g/mol. The highest BCUT2D eigenvalue weighted by molar-refractivity contribution is 6.34. The average molecular weight is 801 g/mol. The zero-order valence-electron chi connectivity index (χ0n) is 37.5. The van der Waals surface area contributed by atoms with Gasteiger partial charge in [0.2, 0.25) is 0 Å². The molecule has 0 radical (unpaired) electrons. The summed E-state index contributed by atoms with van der Waals surface area (Å²) < 4.78 is 0. The van der Waals surface area contributed by atoms with Gasteiger partial charge in [0.05, 0.1) is 0 Å². The minimum absolute atomic E-state index is 1.21. The molecule has 0 aliphatic carbocycles. The quantitative estimate of drug-likeness (QED) is 0.147. The second-order valence-electron chi connectivity index (χ2n) is 16.0. The predicted molar refractivity (Wildman–Crippen MR) is 273 cm³/mol. The molecular formula is C62H56. The molecule has 0 heteroatoms. The standard InChI is InChI=1S/C58H44.2C2H6/c1-37-15-21-45(22-16-37)53-49-33-19-39(3)35-51(49)56(48-31-27-44(28-32-48)42-13-9-6-10-14-42)58-54(46-23-17-38(2)18-24-46)50-34-20-40(4)36-52(50)55(57(53)58)47-29-25-43(26-30-47)41-11-7-5-8-12-41;2*1-2/h5-36H,1-4H3;2*1-2H3. The van der Waals surface area contributed by atoms with Gasteiger partial charge in [0, 0.05) is 0 Å². The van der Waals surface area contributed by atoms with E-state index < -0.39 is 0 Å². The van der Waals surface area contributed by atoms with Crippen LogP contribution in [0.2, 0.25) is 0 Å². The normalized spacial score (nSPS) is 10.9. The van der Waals surface area contributed by atoms with Crippen LogP contribution in [-0.4, -0.2) is 0 Å². The lowest BCUT2D eigenvalue weighted by Crippen LogP contribution is -1.98. The number of benzene rings is 10. The number of rotatable bonds is 6. The van der Waals surface area contributed by atoms with Crippen LogP contribution in [0.15, 0.2) is 194 Å². The van der Waals surface area contributed by atoms with Gasteiger partial charge in [-0.25, -0.2) is 0 Å². The van der Waals surface area contributed by atoms with E-state index >= 15 is 0 Å². The minimum Gasteiger partial charge on any atom is -0.0683 e. The molecule has 0 saturated carbocycles. The molecule has 0 aliphatic heterocycles. The SMILES string of the molecule is CC.CC.Cc1ccc(-c2c3ccc(C)cc3c(-c3ccc(-c4ccccc4)cc3)c3c(-c4ccc(C)cc4)c4ccc(C)cc4c(-c4ccc(-c5ccccc5)cc4)c23)cc1. The number of fused-ring (bicyclic) bond motifs is 3. The maximum Gasteiger partial charge on any atom is -0.000139 e. The molecule has 0 spiro atoms. The average Bonchev–Trinajstić information content (AvgIpc) is 3.33. The third-order valence-corrected chi connectivity index (χ3v) is 11.9. The molecule has 0 bridgehead atoms. The van der Waals surface area contributed by atoms with Gasteiger partial charge in [-0.1, -0.05) is 244 Å². The van der Waals surface area contributed by atoms with Crippen LogP contribution in [0.25, 0.3) is 99.1 Å². The van der Waals surface area contributed by atoms with Gasteiger partial charge in [-0.3, -0.25) is 0 Å². The van der Waals surface area contributed by atoms with Gasteiger partial charge in [0.1, 0.15) is 0 Å². The largest absolute Gasteiger partial charge is 0.0683 e. The van der Waals surface area contributed by atoms with Crippen LogP contribution < -0.4 is 0 Å². The molecule has 0 fully saturated rings. The fourth-order valence-electron chi connectivity index (χ4n) is 9.01. The first-order valence-electron chi connectivity index (χ1n) is 22.3. The van der Waals surface area contributed by atoms with Crippen molar-refractivity contribution in [3.8, 4) is 66.8 Å². The smallest absolute Gasteiger partial charge is 0.000139 e. The fraction of sp³-hybridized carbons (Fsp3) is 0.129. The van der Waals surface area contributed by atoms with Crippen LogP contribution in [0, 0.1) is 27.7 Å². The van der Waals surface area contributed by atoms with E-state index in [-0.39, 0.29) is 0 Å². The second kappa shape index (κ2) is 18.3. The summed E-state index contributed by atoms with van der Waals surface area (Å²) in [4.78, 5) is 0. The van der Waals surface area contributed by atoms with Crippen LogP contribution in [0.3, 0.4) is 0 Å². The topological polar surface area (TPSA) is 0 Å². The maximum atomic E-state index is 2.42. The van der Waals surface area contributed by atoms with Crippen molar-refractivity contribution in [1.29, 1.82) is 0 Å². The molecule has 0 aromatic heterocycles. The van der Waals surface area contributed by atoms with Crippen molar-refractivity contribution in [2.24, 2.45) is 0 Å². The van der Waals surface area contributed by atoms with Crippen LogP contribution >= 0.6 is 0 Å². The molecule has 62 heavy (non-hydrogen) atoms. The molecule has 0 aliphatic rings. The Morgan fingerprint density at radius 3 is 0.774 bits per heavy atom. The summed E-state index contributed by atoms with van der Waals surface area (Å²) in [5.41, 5.74) is 19.8. The van der Waals surface area contributed by atoms with E-state index in [0.717, 1.165) is 0 Å². The van der Waals surface area contributed by atoms with Gasteiger partial charge in [0.15, 0.2) is 0 Å². The van der Waals surface area contributed by atoms with Crippen molar-refractivity contribution in [3.63, 3.8) is 0 Å². The highest BCUT2D eigenvalue weighted by Gasteiger charge is 2.26. The Labute approximate surface area is 369 Å². The zero-order valence-corrected chi connectivity index (χ0v) is 37.5. The van der Waals surface area contributed by atoms with Gasteiger partial charge in [0.25, 0.3) is 0 Å². The number of hydrogen-bond acceptors (Lipinski definition) is 0. The van der Waals surface area contributed by atoms with Crippen molar-refractivity contribution < 1.29 is 0 Å². The first-order valence-corrected chi connectivity index (χ1v) is 22.3. The Bertz CT molecular complexity index is 2900. The van der Waals surface area contributed by atoms with E-state index in [0.29, 0.717) is 0 Å². The summed E-state index contributed by atoms with van der Waals surface area (Å²) in [6.07, 6.45) is 0. The Hall–Kier alpha value is -7.02. The lowest BCUT2D eigenvalue weighted by Gasteiger charge is -2.26. The van der Waals surface area contributed by atoms with Crippen LogP contribution in [0.1, 0.15) is 49.9 Å². The first-order chi connectivity index (χ1) is 30.4. The monoisotopic (exact) mass is 800 g/mol. The molecule has 0 atom stereocenters. The van der Waals surface area contributed by atoms with Crippen molar-refractivity contribution in [1.82, 2.24) is 0 Å². The summed E-state index contributed by atoms with van der Waals surface area (Å²) in [5, 5.41) is 7.61. The summed E-state index contributed by atoms with van der Waals surface area (Å²) >= 11 is 0. The third kappa shape index (κ3) is 7.86. The van der Waals surface area contributed by atoms with Gasteiger partial charge < -0.3 is 0 Å². The highest BCUT2D eigenvalue weighted by Crippen LogP contribution is 2.54. The van der Waals surface area contributed by atoms with E-state index in [1.54, 1.807) is 0 Å². The van der Waals surface area contributed by atoms with E-state index in [4.69, 9.17) is 0 Å². The maximum absolute atomic E-state index is 2.42. The van der Waals surface area contributed by atoms with Crippen LogP contribution in [0.4, 0.5) is 0 Å². The summed E-state index contributed by atoms with van der Waals surface area (Å²) in [6.45, 7) is 16.8. The van der Waals surface area contributed by atoms with Crippen molar-refractivity contribution >= 4 is 32.3 Å². The molecule has 10 aromatic rings. The van der Waals surface area contributed by atoms with Gasteiger partial charge in [-0.2, -0.15) is 0 Å². The van der Waals surface area contributed by atoms with Crippen molar-refractivity contribution in [2.45, 2.75) is 55.4 Å². The molecule has 10 rings (SSSR count). The fourth-order valence-corrected chi connectivity index (χ4v) is 9.01. The van der Waals surface area contributed by atoms with E-state index in [2.05, 4.69) is 222 Å². The molecule has 0 unspecified atom stereocenters. The van der Waals surface area contributed by atoms with E-state index in [9.17, 15) is 0 Å². The van der Waals surface area contributed by atoms with Gasteiger partial charge in [-0.05, 0) is 127 Å². The molecule has 10 aromatic carbocycles. The Kier molecular flexibility index (Phi) is 12.3. The number of aryl methyl sites for hydroxylation is 4. The summed E-state index contributed by atoms with van der Waals surface area (Å²) in [5.74, 6) is 0. The highest BCUT2D eigenvalue weighted by atomic mass is 14.3. The van der Waals surface area contributed by atoms with E-state index in [1.807, 2.05) is 27.7 Å². The zero-order chi connectivity index (χ0) is 43.3. The lowest BCUT2D eigenvalue weighted by molar-refractivity contribution is 1.47. The summed E-state index contributed by atoms with van der Waals surface area (Å²) in [7, 11) is 0. The van der Waals surface area contributed by atoms with Gasteiger partial charge >= 0.3 is 0 Å². The Morgan fingerprint density at radius 2 is 0.452 bits per heavy atom. The first kappa shape index (κ1) is 41.7. The van der Waals surface area contributed by atoms with Gasteiger partial charge in [-0.15, -0.1) is 0 Å². The molecule has 0 heterocycles. The number of hydrogen-bond donors (Lipinski definition) is 0. The summed E-state index contributed by atoms with van der Waals surface area (Å²) in [6, 6.07) is 72.5. The molecule has 0 nitrogen and oxygen atoms in total. The Morgan fingerprint density at radius 1 is 0.210 bits per heavy atom. The van der Waals surface area contributed by atoms with Crippen molar-refractivity contribution in [3.05, 3.63) is 216 Å². The second-order valence-corrected chi connectivity index (χ2v) is 16.0. The third-order valence-electron chi connectivity index (χ3n) is 11.9. The minimum atomic E-state index is 1.21. The van der Waals surface area contributed by atoms with Crippen LogP contribution in [-0.2, 0) is 0 Å².